The van der Waals surface area contributed by atoms with Gasteiger partial charge in [0.25, 0.3) is 0 Å². The standard InChI is InChI=1S/C14H27N3O3.C14H29N3O.C14H26N2O2.2C13H27N3O.C12H25N3O.C12H22N2O2/c1-12(2)14(19)15-5-8-16-6-4-7-17(10-9-16)13(18)11-20-3;1-13(2)14(18)15-7-4-5-9-17-10-6-8-16(3)11-12-17;1-11(2)14(18)15-8-4-5-9-16-10-6-7-13(16)12(3)17;1-10(2)13(17)14-6-7-16-9-11(3)15(5)8-12(16)4;1-12(2)13(17)14-6-4-8-16-9-5-7-15(3)10-11-16;1-11(2)12(16)13-5-8-15-7-4-6-14(3)9-10-15;1-9(2)12(16)13-6-8-14-7-4-5-11(14)10(3)15/h12H,4-11H2,1-3H3,(H,15,19);13H,4-12H2,1-3H3,(H,15,18);11,13H,4-10H2,1-3H3,(H,15,18);10-12H,6-9H2,1-5H3,(H,14,17);12H,4-11H2,1-3H3,(H,14,17);11H,4-10H2,1-3H3,(H,13,16);9,11H,4-8H2,1-3H3,(H,13,16)/t;;13-;11-,12+;;;11-/m..01..0/s1. The second-order valence-electron chi connectivity index (χ2n) is 37.1. The normalized spacial score (nSPS) is 20.5. The maximum atomic E-state index is 11.8. The molecule has 4 atom stereocenters. The minimum atomic E-state index is 0.0290. The fraction of sp³-hybridized carbons (Fsp3) is 0.891. The molecular weight excluding hydrogens is 1550 g/mol. The van der Waals surface area contributed by atoms with E-state index in [1.807, 2.05) is 102 Å². The van der Waals surface area contributed by atoms with Crippen LogP contribution in [-0.4, -0.2) is 406 Å². The van der Waals surface area contributed by atoms with Crippen molar-refractivity contribution < 1.29 is 52.7 Å². The van der Waals surface area contributed by atoms with Crippen molar-refractivity contribution in [3.63, 3.8) is 0 Å². The van der Waals surface area contributed by atoms with Gasteiger partial charge in [-0.2, -0.15) is 0 Å². The lowest BCUT2D eigenvalue weighted by molar-refractivity contribution is -0.135. The first kappa shape index (κ1) is 115. The number of hydrogen-bond acceptors (Lipinski definition) is 22. The third-order valence-electron chi connectivity index (χ3n) is 23.6. The van der Waals surface area contributed by atoms with Crippen LogP contribution < -0.4 is 37.2 Å². The molecule has 0 bridgehead atoms. The molecule has 712 valence electrons. The molecule has 30 heteroatoms. The van der Waals surface area contributed by atoms with E-state index in [4.69, 9.17) is 4.74 Å². The number of carbonyl (C=O) groups excluding carboxylic acids is 10. The molecular formula is C92H183N19O11. The number of nitrogens with one attached hydrogen (secondary N) is 7. The second-order valence-corrected chi connectivity index (χ2v) is 37.1. The Bertz CT molecular complexity index is 2860. The van der Waals surface area contributed by atoms with Gasteiger partial charge in [0.15, 0.2) is 0 Å². The van der Waals surface area contributed by atoms with Gasteiger partial charge in [-0.1, -0.05) is 96.9 Å². The zero-order chi connectivity index (χ0) is 91.7. The number of piperazine rings is 1. The van der Waals surface area contributed by atoms with E-state index < -0.39 is 0 Å². The van der Waals surface area contributed by atoms with Gasteiger partial charge in [-0.25, -0.2) is 0 Å². The number of ether oxygens (including phenoxy) is 1. The van der Waals surface area contributed by atoms with Crippen molar-refractivity contribution in [3.05, 3.63) is 0 Å². The number of hydrogen-bond donors (Lipinski definition) is 7. The summed E-state index contributed by atoms with van der Waals surface area (Å²) in [7, 11) is 10.3. The number of unbranched alkanes of at least 4 members (excludes halogenated alkanes) is 2. The summed E-state index contributed by atoms with van der Waals surface area (Å²) in [6.45, 7) is 68.5. The van der Waals surface area contributed by atoms with E-state index in [-0.39, 0.29) is 113 Å². The van der Waals surface area contributed by atoms with Gasteiger partial charge in [0.2, 0.25) is 47.3 Å². The number of Topliss-reactive ketones (excluding diaryl/α,β-unsaturated/α-hetero) is 2. The number of ketones is 2. The first-order chi connectivity index (χ1) is 57.8. The summed E-state index contributed by atoms with van der Waals surface area (Å²) in [5, 5.41) is 20.6. The van der Waals surface area contributed by atoms with Gasteiger partial charge in [-0.3, -0.25) is 67.5 Å². The highest BCUT2D eigenvalue weighted by atomic mass is 16.5. The largest absolute Gasteiger partial charge is 0.375 e. The maximum Gasteiger partial charge on any atom is 0.248 e. The minimum Gasteiger partial charge on any atom is -0.375 e. The molecule has 7 heterocycles. The lowest BCUT2D eigenvalue weighted by Crippen LogP contribution is -2.56. The molecule has 0 spiro atoms. The van der Waals surface area contributed by atoms with Crippen LogP contribution in [0.2, 0.25) is 0 Å². The molecule has 0 aromatic carbocycles. The summed E-state index contributed by atoms with van der Waals surface area (Å²) in [4.78, 5) is 142. The first-order valence-corrected chi connectivity index (χ1v) is 47.4. The minimum absolute atomic E-state index is 0.0290. The Hall–Kier alpha value is -5.38. The summed E-state index contributed by atoms with van der Waals surface area (Å²) in [5.74, 6) is 2.04. The highest BCUT2D eigenvalue weighted by Gasteiger charge is 2.30. The lowest BCUT2D eigenvalue weighted by Gasteiger charge is -2.42. The average Bonchev–Trinajstić information content (AvgIpc) is 1.26. The van der Waals surface area contributed by atoms with Crippen LogP contribution in [-0.2, 0) is 52.7 Å². The Morgan fingerprint density at radius 1 is 0.303 bits per heavy atom. The van der Waals surface area contributed by atoms with Crippen molar-refractivity contribution >= 4 is 58.8 Å². The predicted octanol–water partition coefficient (Wildman–Crippen LogP) is 5.49. The molecule has 0 radical (unpaired) electrons. The van der Waals surface area contributed by atoms with Crippen LogP contribution in [0, 0.1) is 41.4 Å². The fourth-order valence-corrected chi connectivity index (χ4v) is 15.0. The molecule has 0 aromatic rings. The Balaban J connectivity index is 0.000000712. The molecule has 7 rings (SSSR count). The van der Waals surface area contributed by atoms with Gasteiger partial charge in [-0.05, 0) is 218 Å². The van der Waals surface area contributed by atoms with Crippen LogP contribution in [0.15, 0.2) is 0 Å². The molecule has 8 amide bonds. The molecule has 7 aliphatic heterocycles. The zero-order valence-electron chi connectivity index (χ0n) is 81.6. The maximum absolute atomic E-state index is 11.8. The molecule has 30 nitrogen and oxygen atoms in total. The fourth-order valence-electron chi connectivity index (χ4n) is 15.0. The smallest absolute Gasteiger partial charge is 0.248 e. The van der Waals surface area contributed by atoms with Crippen molar-refractivity contribution in [1.29, 1.82) is 0 Å². The van der Waals surface area contributed by atoms with Crippen molar-refractivity contribution in [2.24, 2.45) is 41.4 Å². The molecule has 122 heavy (non-hydrogen) atoms. The van der Waals surface area contributed by atoms with E-state index in [2.05, 4.69) is 133 Å². The average molecular weight is 1730 g/mol. The molecule has 7 fully saturated rings. The Labute approximate surface area is 742 Å². The van der Waals surface area contributed by atoms with E-state index in [0.29, 0.717) is 31.0 Å². The topological polar surface area (TPSA) is 303 Å². The number of rotatable bonds is 37. The number of likely N-dealkylation sites (N-methyl/N-ethyl adjacent to an activating group) is 4. The van der Waals surface area contributed by atoms with Gasteiger partial charge in [0.1, 0.15) is 18.2 Å². The summed E-state index contributed by atoms with van der Waals surface area (Å²) in [6, 6.07) is 1.41. The lowest BCUT2D eigenvalue weighted by atomic mass is 10.1. The zero-order valence-corrected chi connectivity index (χ0v) is 81.6. The van der Waals surface area contributed by atoms with Crippen LogP contribution in [0.25, 0.3) is 0 Å². The van der Waals surface area contributed by atoms with E-state index in [1.165, 1.54) is 84.6 Å². The predicted molar refractivity (Wildman–Crippen MR) is 497 cm³/mol. The van der Waals surface area contributed by atoms with Gasteiger partial charge < -0.3 is 81.2 Å². The Morgan fingerprint density at radius 3 is 0.967 bits per heavy atom. The molecule has 7 saturated heterocycles. The van der Waals surface area contributed by atoms with E-state index in [1.54, 1.807) is 21.0 Å². The van der Waals surface area contributed by atoms with E-state index >= 15 is 0 Å². The summed E-state index contributed by atoms with van der Waals surface area (Å²) < 4.78 is 4.89. The quantitative estimate of drug-likeness (QED) is 0.0379. The third-order valence-corrected chi connectivity index (χ3v) is 23.6. The van der Waals surface area contributed by atoms with E-state index in [9.17, 15) is 47.9 Å². The highest BCUT2D eigenvalue weighted by molar-refractivity contribution is 5.83. The van der Waals surface area contributed by atoms with Crippen molar-refractivity contribution in [1.82, 2.24) is 96.0 Å². The SMILES string of the molecule is CC(=O)[C@@H]1CCCN1CCCCNC(=O)C(C)C.CC(=O)[C@@H]1CCCN1CCNC(=O)C(C)C.CC(C)C(=O)NCCCCN1CCCN(C)CC1.CC(C)C(=O)NCCCN1CCCN(C)CC1.CC(C)C(=O)NCCN1CCCN(C)CC1.CC(C)C(=O)NCCN1C[C@@H](C)N(C)C[C@@H]1C.COCC(=O)N1CCCN(CCNC(=O)C(C)C)CC1. The van der Waals surface area contributed by atoms with E-state index in [0.717, 1.165) is 208 Å². The van der Waals surface area contributed by atoms with Crippen molar-refractivity contribution in [2.75, 3.05) is 264 Å². The van der Waals surface area contributed by atoms with Crippen LogP contribution >= 0.6 is 0 Å². The monoisotopic (exact) mass is 1730 g/mol. The molecule has 0 aromatic heterocycles. The van der Waals surface area contributed by atoms with Crippen LogP contribution in [0.5, 0.6) is 0 Å². The van der Waals surface area contributed by atoms with Crippen LogP contribution in [0.3, 0.4) is 0 Å². The van der Waals surface area contributed by atoms with Gasteiger partial charge in [-0.15, -0.1) is 0 Å². The Kier molecular flexibility index (Phi) is 63.8. The van der Waals surface area contributed by atoms with Crippen LogP contribution in [0.4, 0.5) is 0 Å². The molecule has 0 saturated carbocycles. The molecule has 0 unspecified atom stereocenters. The van der Waals surface area contributed by atoms with Gasteiger partial charge in [0.05, 0.1) is 12.1 Å². The molecule has 7 N–H and O–H groups in total. The number of nitrogens with zero attached hydrogens (tertiary/aromatic N) is 12. The van der Waals surface area contributed by atoms with Crippen molar-refractivity contribution in [2.45, 2.75) is 232 Å². The van der Waals surface area contributed by atoms with Gasteiger partial charge in [0, 0.05) is 205 Å². The van der Waals surface area contributed by atoms with Crippen molar-refractivity contribution in [3.8, 4) is 0 Å². The third kappa shape index (κ3) is 54.6. The van der Waals surface area contributed by atoms with Gasteiger partial charge >= 0.3 is 0 Å². The Morgan fingerprint density at radius 2 is 0.607 bits per heavy atom. The highest BCUT2D eigenvalue weighted by Crippen LogP contribution is 2.20. The summed E-state index contributed by atoms with van der Waals surface area (Å²) in [6.07, 6.45) is 14.3. The van der Waals surface area contributed by atoms with Crippen LogP contribution in [0.1, 0.15) is 208 Å². The molecule has 7 aliphatic rings. The summed E-state index contributed by atoms with van der Waals surface area (Å²) >= 11 is 0. The summed E-state index contributed by atoms with van der Waals surface area (Å²) in [5.41, 5.74) is 0. The first-order valence-electron chi connectivity index (χ1n) is 47.4. The number of amides is 8. The number of carbonyl (C=O) groups is 10. The number of likely N-dealkylation sites (tertiary alicyclic amines) is 2. The second kappa shape index (κ2) is 67.9. The molecule has 0 aliphatic carbocycles. The number of methoxy groups -OCH3 is 1.